The molecule has 1 saturated heterocycles. The first-order valence-corrected chi connectivity index (χ1v) is 9.46. The monoisotopic (exact) mass is 372 g/mol. The van der Waals surface area contributed by atoms with Gasteiger partial charge in [-0.05, 0) is 37.8 Å². The molecule has 0 saturated carbocycles. The predicted molar refractivity (Wildman–Crippen MR) is 104 cm³/mol. The van der Waals surface area contributed by atoms with Crippen LogP contribution in [0.4, 0.5) is 0 Å². The third kappa shape index (κ3) is 6.54. The number of nitrogens with one attached hydrogen (secondary N) is 2. The Kier molecular flexibility index (Phi) is 8.95. The molecule has 2 N–H and O–H groups in total. The van der Waals surface area contributed by atoms with Gasteiger partial charge in [0, 0.05) is 23.7 Å². The number of ether oxygens (including phenoxy) is 1. The second kappa shape index (κ2) is 10.2. The van der Waals surface area contributed by atoms with Crippen LogP contribution in [0.3, 0.4) is 0 Å². The highest BCUT2D eigenvalue weighted by Gasteiger charge is 2.22. The number of hydrogen-bond acceptors (Lipinski definition) is 4. The molecular weight excluding hydrogens is 344 g/mol. The molecule has 0 aromatic heterocycles. The zero-order valence-electron chi connectivity index (χ0n) is 14.9. The van der Waals surface area contributed by atoms with Crippen molar-refractivity contribution in [2.75, 3.05) is 11.6 Å². The predicted octanol–water partition coefficient (Wildman–Crippen LogP) is 3.51. The normalized spacial score (nSPS) is 18.1. The first kappa shape index (κ1) is 21.1. The van der Waals surface area contributed by atoms with E-state index in [0.717, 1.165) is 29.4 Å². The van der Waals surface area contributed by atoms with Crippen LogP contribution in [0.1, 0.15) is 38.3 Å². The molecule has 2 rings (SSSR count). The summed E-state index contributed by atoms with van der Waals surface area (Å²) in [5.74, 6) is 3.24. The van der Waals surface area contributed by atoms with Gasteiger partial charge in [-0.15, -0.1) is 24.2 Å². The van der Waals surface area contributed by atoms with Crippen LogP contribution in [0.2, 0.25) is 0 Å². The van der Waals surface area contributed by atoms with Gasteiger partial charge < -0.3 is 10.1 Å². The number of aryl methyl sites for hydroxylation is 1. The van der Waals surface area contributed by atoms with E-state index in [4.69, 9.17) is 4.74 Å². The molecule has 136 valence electrons. The highest BCUT2D eigenvalue weighted by atomic mass is 35.5. The van der Waals surface area contributed by atoms with E-state index in [1.54, 1.807) is 11.8 Å². The molecule has 2 atom stereocenters. The van der Waals surface area contributed by atoms with E-state index in [9.17, 15) is 4.79 Å². The summed E-state index contributed by atoms with van der Waals surface area (Å²) in [6, 6.07) is 6.09. The van der Waals surface area contributed by atoms with Gasteiger partial charge in [0.15, 0.2) is 0 Å². The van der Waals surface area contributed by atoms with Gasteiger partial charge >= 0.3 is 0 Å². The molecule has 2 unspecified atom stereocenters. The maximum Gasteiger partial charge on any atom is 0.238 e. The van der Waals surface area contributed by atoms with Gasteiger partial charge in [0.25, 0.3) is 0 Å². The van der Waals surface area contributed by atoms with Crippen LogP contribution in [0.15, 0.2) is 18.2 Å². The third-order valence-electron chi connectivity index (χ3n) is 3.84. The van der Waals surface area contributed by atoms with Crippen molar-refractivity contribution >= 4 is 30.1 Å². The molecular formula is C18H29ClN2O2S. The highest BCUT2D eigenvalue weighted by Crippen LogP contribution is 2.23. The molecule has 1 aromatic carbocycles. The SMILES string of the molecule is Cc1ccc(CNC(=O)C2CSCN2)c(OC(C)CC(C)C)c1.Cl. The van der Waals surface area contributed by atoms with Crippen molar-refractivity contribution in [3.05, 3.63) is 29.3 Å². The molecule has 0 spiro atoms. The van der Waals surface area contributed by atoms with E-state index in [1.807, 2.05) is 6.07 Å². The molecule has 1 fully saturated rings. The lowest BCUT2D eigenvalue weighted by Crippen LogP contribution is -2.41. The fourth-order valence-electron chi connectivity index (χ4n) is 2.72. The van der Waals surface area contributed by atoms with Gasteiger partial charge in [-0.2, -0.15) is 0 Å². The topological polar surface area (TPSA) is 50.4 Å². The molecule has 1 aliphatic rings. The molecule has 4 nitrogen and oxygen atoms in total. The minimum absolute atomic E-state index is 0. The summed E-state index contributed by atoms with van der Waals surface area (Å²) in [5.41, 5.74) is 2.20. The molecule has 0 bridgehead atoms. The lowest BCUT2D eigenvalue weighted by atomic mass is 10.1. The van der Waals surface area contributed by atoms with Crippen LogP contribution in [-0.4, -0.2) is 29.7 Å². The summed E-state index contributed by atoms with van der Waals surface area (Å²) in [7, 11) is 0. The number of rotatable bonds is 7. The maximum atomic E-state index is 12.1. The molecule has 1 aromatic rings. The number of carbonyl (C=O) groups excluding carboxylic acids is 1. The van der Waals surface area contributed by atoms with Crippen LogP contribution in [0.25, 0.3) is 0 Å². The van der Waals surface area contributed by atoms with Gasteiger partial charge in [0.05, 0.1) is 12.1 Å². The van der Waals surface area contributed by atoms with Crippen LogP contribution >= 0.6 is 24.2 Å². The number of halogens is 1. The Morgan fingerprint density at radius 2 is 2.17 bits per heavy atom. The van der Waals surface area contributed by atoms with E-state index in [2.05, 4.69) is 50.5 Å². The number of thioether (sulfide) groups is 1. The van der Waals surface area contributed by atoms with E-state index in [1.165, 1.54) is 5.56 Å². The number of amides is 1. The zero-order chi connectivity index (χ0) is 16.8. The minimum atomic E-state index is -0.0744. The Bertz CT molecular complexity index is 534. The van der Waals surface area contributed by atoms with Crippen LogP contribution < -0.4 is 15.4 Å². The lowest BCUT2D eigenvalue weighted by Gasteiger charge is -2.20. The molecule has 1 heterocycles. The van der Waals surface area contributed by atoms with Gasteiger partial charge in [0.2, 0.25) is 5.91 Å². The molecule has 1 amide bonds. The minimum Gasteiger partial charge on any atom is -0.490 e. The summed E-state index contributed by atoms with van der Waals surface area (Å²) >= 11 is 1.75. The summed E-state index contributed by atoms with van der Waals surface area (Å²) in [4.78, 5) is 12.1. The standard InChI is InChI=1S/C18H28N2O2S.ClH/c1-12(2)7-14(4)22-17-8-13(3)5-6-15(17)9-19-18(21)16-10-23-11-20-16;/h5-6,8,12,14,16,20H,7,9-11H2,1-4H3,(H,19,21);1H. The summed E-state index contributed by atoms with van der Waals surface area (Å²) in [6.45, 7) is 9.06. The largest absolute Gasteiger partial charge is 0.490 e. The summed E-state index contributed by atoms with van der Waals surface area (Å²) < 4.78 is 6.12. The molecule has 6 heteroatoms. The Balaban J connectivity index is 0.00000288. The van der Waals surface area contributed by atoms with Gasteiger partial charge in [-0.25, -0.2) is 0 Å². The first-order chi connectivity index (χ1) is 11.0. The second-order valence-electron chi connectivity index (χ2n) is 6.66. The van der Waals surface area contributed by atoms with Crippen molar-refractivity contribution in [1.82, 2.24) is 10.6 Å². The van der Waals surface area contributed by atoms with E-state index in [0.29, 0.717) is 12.5 Å². The number of carbonyl (C=O) groups is 1. The van der Waals surface area contributed by atoms with Crippen molar-refractivity contribution in [2.24, 2.45) is 5.92 Å². The molecule has 0 aliphatic carbocycles. The first-order valence-electron chi connectivity index (χ1n) is 8.30. The van der Waals surface area contributed by atoms with E-state index >= 15 is 0 Å². The summed E-state index contributed by atoms with van der Waals surface area (Å²) in [6.07, 6.45) is 1.18. The number of benzene rings is 1. The fraction of sp³-hybridized carbons (Fsp3) is 0.611. The van der Waals surface area contributed by atoms with Crippen molar-refractivity contribution in [2.45, 2.75) is 52.8 Å². The van der Waals surface area contributed by atoms with Crippen molar-refractivity contribution in [3.8, 4) is 5.75 Å². The Hall–Kier alpha value is -0.910. The van der Waals surface area contributed by atoms with Crippen molar-refractivity contribution in [1.29, 1.82) is 0 Å². The molecule has 0 radical (unpaired) electrons. The Morgan fingerprint density at radius 1 is 1.42 bits per heavy atom. The van der Waals surface area contributed by atoms with Crippen molar-refractivity contribution < 1.29 is 9.53 Å². The van der Waals surface area contributed by atoms with Gasteiger partial charge in [0.1, 0.15) is 5.75 Å². The Labute approximate surface area is 155 Å². The average molecular weight is 373 g/mol. The summed E-state index contributed by atoms with van der Waals surface area (Å²) in [5, 5.41) is 6.21. The second-order valence-corrected chi connectivity index (χ2v) is 7.69. The van der Waals surface area contributed by atoms with Gasteiger partial charge in [-0.1, -0.05) is 26.0 Å². The van der Waals surface area contributed by atoms with Crippen molar-refractivity contribution in [3.63, 3.8) is 0 Å². The maximum absolute atomic E-state index is 12.1. The smallest absolute Gasteiger partial charge is 0.238 e. The van der Waals surface area contributed by atoms with Gasteiger partial charge in [-0.3, -0.25) is 10.1 Å². The van der Waals surface area contributed by atoms with Crippen LogP contribution in [-0.2, 0) is 11.3 Å². The average Bonchev–Trinajstić information content (AvgIpc) is 2.99. The number of hydrogen-bond donors (Lipinski definition) is 2. The van der Waals surface area contributed by atoms with E-state index < -0.39 is 0 Å². The highest BCUT2D eigenvalue weighted by molar-refractivity contribution is 7.99. The third-order valence-corrected chi connectivity index (χ3v) is 4.78. The zero-order valence-corrected chi connectivity index (χ0v) is 16.6. The quantitative estimate of drug-likeness (QED) is 0.769. The van der Waals surface area contributed by atoms with Crippen LogP contribution in [0, 0.1) is 12.8 Å². The fourth-order valence-corrected chi connectivity index (χ4v) is 3.66. The molecule has 24 heavy (non-hydrogen) atoms. The Morgan fingerprint density at radius 3 is 2.79 bits per heavy atom. The lowest BCUT2D eigenvalue weighted by molar-refractivity contribution is -0.122. The molecule has 1 aliphatic heterocycles. The van der Waals surface area contributed by atoms with E-state index in [-0.39, 0.29) is 30.5 Å². The van der Waals surface area contributed by atoms with Crippen LogP contribution in [0.5, 0.6) is 5.75 Å².